The number of hydrogen-bond acceptors (Lipinski definition) is 2. The zero-order valence-electron chi connectivity index (χ0n) is 11.6. The second-order valence-electron chi connectivity index (χ2n) is 6.27. The first kappa shape index (κ1) is 13.7. The minimum atomic E-state index is 0.335. The molecular formula is C14H28N2. The molecule has 1 aliphatic heterocycles. The fraction of sp³-hybridized carbons (Fsp3) is 0.857. The molecule has 0 amide bonds. The van der Waals surface area contributed by atoms with E-state index in [4.69, 9.17) is 5.73 Å². The Kier molecular flexibility index (Phi) is 4.57. The third-order valence-electron chi connectivity index (χ3n) is 3.68. The molecule has 0 saturated carbocycles. The van der Waals surface area contributed by atoms with Crippen molar-refractivity contribution in [2.75, 3.05) is 19.6 Å². The lowest BCUT2D eigenvalue weighted by molar-refractivity contribution is 0.167. The van der Waals surface area contributed by atoms with Crippen LogP contribution in [0.4, 0.5) is 0 Å². The van der Waals surface area contributed by atoms with Crippen LogP contribution < -0.4 is 5.73 Å². The van der Waals surface area contributed by atoms with E-state index < -0.39 is 0 Å². The second-order valence-corrected chi connectivity index (χ2v) is 6.27. The van der Waals surface area contributed by atoms with Crippen LogP contribution in [-0.2, 0) is 0 Å². The Morgan fingerprint density at radius 3 is 2.31 bits per heavy atom. The summed E-state index contributed by atoms with van der Waals surface area (Å²) in [5, 5.41) is 0. The number of hydrogen-bond donors (Lipinski definition) is 1. The highest BCUT2D eigenvalue weighted by atomic mass is 15.2. The molecule has 0 aromatic rings. The molecule has 1 rings (SSSR count). The van der Waals surface area contributed by atoms with Crippen molar-refractivity contribution in [3.63, 3.8) is 0 Å². The van der Waals surface area contributed by atoms with Crippen molar-refractivity contribution < 1.29 is 0 Å². The average molecular weight is 224 g/mol. The predicted molar refractivity (Wildman–Crippen MR) is 71.4 cm³/mol. The maximum Gasteiger partial charge on any atom is 0.0244 e. The second kappa shape index (κ2) is 5.33. The molecule has 0 fully saturated rings. The summed E-state index contributed by atoms with van der Waals surface area (Å²) in [5.41, 5.74) is 7.80. The third-order valence-corrected chi connectivity index (χ3v) is 3.68. The van der Waals surface area contributed by atoms with Crippen LogP contribution in [-0.4, -0.2) is 30.6 Å². The summed E-state index contributed by atoms with van der Waals surface area (Å²) in [6.07, 6.45) is 3.61. The van der Waals surface area contributed by atoms with Crippen LogP contribution >= 0.6 is 0 Å². The van der Waals surface area contributed by atoms with Crippen LogP contribution in [0.1, 0.15) is 41.0 Å². The molecule has 94 valence electrons. The zero-order valence-corrected chi connectivity index (χ0v) is 11.6. The number of rotatable bonds is 3. The van der Waals surface area contributed by atoms with Gasteiger partial charge in [0.05, 0.1) is 0 Å². The first-order valence-corrected chi connectivity index (χ1v) is 6.50. The van der Waals surface area contributed by atoms with Crippen molar-refractivity contribution in [1.82, 2.24) is 4.90 Å². The summed E-state index contributed by atoms with van der Waals surface area (Å²) in [7, 11) is 0. The molecule has 2 nitrogen and oxygen atoms in total. The van der Waals surface area contributed by atoms with Crippen LogP contribution in [0.25, 0.3) is 0 Å². The lowest BCUT2D eigenvalue weighted by Gasteiger charge is -2.38. The van der Waals surface area contributed by atoms with E-state index in [0.717, 1.165) is 13.1 Å². The van der Waals surface area contributed by atoms with Gasteiger partial charge in [0.15, 0.2) is 0 Å². The van der Waals surface area contributed by atoms with Crippen molar-refractivity contribution in [3.8, 4) is 0 Å². The maximum absolute atomic E-state index is 5.86. The van der Waals surface area contributed by atoms with Crippen molar-refractivity contribution in [2.45, 2.75) is 47.1 Å². The van der Waals surface area contributed by atoms with Crippen LogP contribution in [0.5, 0.6) is 0 Å². The van der Waals surface area contributed by atoms with Crippen LogP contribution in [0.3, 0.4) is 0 Å². The molecule has 0 aromatic carbocycles. The summed E-state index contributed by atoms with van der Waals surface area (Å²) < 4.78 is 0. The molecule has 1 aliphatic rings. The quantitative estimate of drug-likeness (QED) is 0.747. The summed E-state index contributed by atoms with van der Waals surface area (Å²) in [6, 6.07) is 0.540. The van der Waals surface area contributed by atoms with Crippen molar-refractivity contribution in [2.24, 2.45) is 17.1 Å². The molecule has 0 aromatic heterocycles. The predicted octanol–water partition coefficient (Wildman–Crippen LogP) is 2.65. The molecule has 2 N–H and O–H groups in total. The Labute approximate surface area is 101 Å². The van der Waals surface area contributed by atoms with Gasteiger partial charge < -0.3 is 5.73 Å². The van der Waals surface area contributed by atoms with E-state index in [1.165, 1.54) is 13.0 Å². The normalized spacial score (nSPS) is 21.1. The van der Waals surface area contributed by atoms with E-state index in [-0.39, 0.29) is 0 Å². The molecule has 1 unspecified atom stereocenters. The summed E-state index contributed by atoms with van der Waals surface area (Å²) >= 11 is 0. The van der Waals surface area contributed by atoms with Gasteiger partial charge in [-0.2, -0.15) is 0 Å². The lowest BCUT2D eigenvalue weighted by atomic mass is 9.82. The molecule has 0 radical (unpaired) electrons. The molecule has 16 heavy (non-hydrogen) atoms. The third kappa shape index (κ3) is 3.33. The van der Waals surface area contributed by atoms with Gasteiger partial charge in [0, 0.05) is 25.7 Å². The van der Waals surface area contributed by atoms with E-state index in [9.17, 15) is 0 Å². The monoisotopic (exact) mass is 224 g/mol. The smallest absolute Gasteiger partial charge is 0.0244 e. The summed E-state index contributed by atoms with van der Waals surface area (Å²) in [5.74, 6) is 0.648. The van der Waals surface area contributed by atoms with Gasteiger partial charge in [-0.3, -0.25) is 4.90 Å². The van der Waals surface area contributed by atoms with E-state index >= 15 is 0 Å². The molecule has 0 saturated heterocycles. The van der Waals surface area contributed by atoms with Crippen LogP contribution in [0.15, 0.2) is 11.6 Å². The van der Waals surface area contributed by atoms with Gasteiger partial charge in [-0.05, 0) is 17.8 Å². The van der Waals surface area contributed by atoms with Crippen molar-refractivity contribution in [3.05, 3.63) is 11.6 Å². The average Bonchev–Trinajstić information content (AvgIpc) is 2.17. The van der Waals surface area contributed by atoms with Crippen molar-refractivity contribution >= 4 is 0 Å². The van der Waals surface area contributed by atoms with Gasteiger partial charge in [-0.25, -0.2) is 0 Å². The van der Waals surface area contributed by atoms with Crippen molar-refractivity contribution in [1.29, 1.82) is 0 Å². The van der Waals surface area contributed by atoms with E-state index in [2.05, 4.69) is 45.6 Å². The largest absolute Gasteiger partial charge is 0.329 e. The van der Waals surface area contributed by atoms with Gasteiger partial charge in [0.2, 0.25) is 0 Å². The Bertz CT molecular complexity index is 248. The lowest BCUT2D eigenvalue weighted by Crippen LogP contribution is -2.46. The SMILES string of the molecule is CC(C)C(CN)N1CC=C(C(C)(C)C)CC1. The van der Waals surface area contributed by atoms with Crippen LogP contribution in [0.2, 0.25) is 0 Å². The van der Waals surface area contributed by atoms with E-state index in [1.807, 2.05) is 0 Å². The van der Waals surface area contributed by atoms with Crippen LogP contribution in [0, 0.1) is 11.3 Å². The minimum Gasteiger partial charge on any atom is -0.329 e. The molecule has 0 spiro atoms. The molecule has 0 bridgehead atoms. The highest BCUT2D eigenvalue weighted by molar-refractivity contribution is 5.15. The molecule has 0 aliphatic carbocycles. The molecule has 1 heterocycles. The van der Waals surface area contributed by atoms with Gasteiger partial charge in [-0.15, -0.1) is 0 Å². The van der Waals surface area contributed by atoms with Gasteiger partial charge in [0.1, 0.15) is 0 Å². The zero-order chi connectivity index (χ0) is 12.3. The number of nitrogens with two attached hydrogens (primary N) is 1. The van der Waals surface area contributed by atoms with Gasteiger partial charge in [-0.1, -0.05) is 46.3 Å². The maximum atomic E-state index is 5.86. The highest BCUT2D eigenvalue weighted by Gasteiger charge is 2.25. The molecule has 1 atom stereocenters. The van der Waals surface area contributed by atoms with Gasteiger partial charge in [0.25, 0.3) is 0 Å². The first-order chi connectivity index (χ1) is 7.36. The van der Waals surface area contributed by atoms with E-state index in [0.29, 0.717) is 17.4 Å². The molecular weight excluding hydrogens is 196 g/mol. The molecule has 2 heteroatoms. The topological polar surface area (TPSA) is 29.3 Å². The fourth-order valence-electron chi connectivity index (χ4n) is 2.51. The Morgan fingerprint density at radius 2 is 2.00 bits per heavy atom. The summed E-state index contributed by atoms with van der Waals surface area (Å²) in [6.45, 7) is 14.5. The Hall–Kier alpha value is -0.340. The fourth-order valence-corrected chi connectivity index (χ4v) is 2.51. The Balaban J connectivity index is 2.63. The van der Waals surface area contributed by atoms with E-state index in [1.54, 1.807) is 5.57 Å². The standard InChI is InChI=1S/C14H28N2/c1-11(2)13(10-15)16-8-6-12(7-9-16)14(3,4)5/h6,11,13H,7-10,15H2,1-5H3. The highest BCUT2D eigenvalue weighted by Crippen LogP contribution is 2.30. The van der Waals surface area contributed by atoms with Gasteiger partial charge >= 0.3 is 0 Å². The Morgan fingerprint density at radius 1 is 1.38 bits per heavy atom. The minimum absolute atomic E-state index is 0.335. The first-order valence-electron chi connectivity index (χ1n) is 6.50. The summed E-state index contributed by atoms with van der Waals surface area (Å²) in [4.78, 5) is 2.53. The number of nitrogens with zero attached hydrogens (tertiary/aromatic N) is 1.